The molecule has 0 amide bonds. The molecule has 3 nitrogen and oxygen atoms in total. The monoisotopic (exact) mass is 321 g/mol. The SMILES string of the molecule is CC1C=CC=C(CC(CN=C=S)COC(=O)C(C)(C)C)CC1. The summed E-state index contributed by atoms with van der Waals surface area (Å²) in [6, 6.07) is 0. The average molecular weight is 321 g/mol. The van der Waals surface area contributed by atoms with Crippen LogP contribution in [0.15, 0.2) is 28.8 Å². The Balaban J connectivity index is 2.61. The Morgan fingerprint density at radius 2 is 2.27 bits per heavy atom. The number of hydrogen-bond acceptors (Lipinski definition) is 4. The lowest BCUT2D eigenvalue weighted by Gasteiger charge is -2.21. The first-order chi connectivity index (χ1) is 10.3. The zero-order valence-corrected chi connectivity index (χ0v) is 14.9. The molecule has 0 aromatic rings. The summed E-state index contributed by atoms with van der Waals surface area (Å²) in [4.78, 5) is 16.0. The van der Waals surface area contributed by atoms with E-state index < -0.39 is 5.41 Å². The number of isothiocyanates is 1. The number of thiocarbonyl (C=S) groups is 1. The lowest BCUT2D eigenvalue weighted by Crippen LogP contribution is -2.26. The smallest absolute Gasteiger partial charge is 0.311 e. The first-order valence-corrected chi connectivity index (χ1v) is 8.31. The third kappa shape index (κ3) is 7.15. The van der Waals surface area contributed by atoms with Crippen LogP contribution in [0, 0.1) is 17.3 Å². The molecule has 1 aliphatic rings. The van der Waals surface area contributed by atoms with E-state index in [0.29, 0.717) is 19.1 Å². The maximum Gasteiger partial charge on any atom is 0.311 e. The van der Waals surface area contributed by atoms with Crippen molar-refractivity contribution in [2.24, 2.45) is 22.2 Å². The molecule has 22 heavy (non-hydrogen) atoms. The summed E-state index contributed by atoms with van der Waals surface area (Å²) < 4.78 is 5.45. The number of carbonyl (C=O) groups is 1. The predicted octanol–water partition coefficient (Wildman–Crippen LogP) is 4.60. The molecule has 0 aromatic carbocycles. The van der Waals surface area contributed by atoms with Crippen molar-refractivity contribution in [1.82, 2.24) is 0 Å². The first-order valence-electron chi connectivity index (χ1n) is 7.90. The van der Waals surface area contributed by atoms with Gasteiger partial charge in [0.2, 0.25) is 0 Å². The van der Waals surface area contributed by atoms with Crippen LogP contribution in [0.4, 0.5) is 0 Å². The van der Waals surface area contributed by atoms with E-state index in [4.69, 9.17) is 4.74 Å². The van der Waals surface area contributed by atoms with E-state index in [1.807, 2.05) is 20.8 Å². The molecule has 0 saturated heterocycles. The molecule has 0 heterocycles. The average Bonchev–Trinajstić information content (AvgIpc) is 2.65. The third-order valence-electron chi connectivity index (χ3n) is 3.72. The van der Waals surface area contributed by atoms with Crippen LogP contribution >= 0.6 is 12.2 Å². The van der Waals surface area contributed by atoms with Crippen LogP contribution in [0.2, 0.25) is 0 Å². The lowest BCUT2D eigenvalue weighted by atomic mass is 9.94. The first kappa shape index (κ1) is 18.8. The molecular weight excluding hydrogens is 294 g/mol. The Hall–Kier alpha value is -1.25. The summed E-state index contributed by atoms with van der Waals surface area (Å²) in [6.07, 6.45) is 9.68. The van der Waals surface area contributed by atoms with Gasteiger partial charge in [0.15, 0.2) is 0 Å². The Bertz CT molecular complexity index is 482. The standard InChI is InChI=1S/C18H27NO2S/c1-14-6-5-7-15(9-8-14)10-16(11-19-13-22)12-21-17(20)18(2,3)4/h5-7,14,16H,8-12H2,1-4H3. The van der Waals surface area contributed by atoms with E-state index in [9.17, 15) is 4.79 Å². The molecule has 0 aliphatic heterocycles. The molecule has 1 rings (SSSR count). The zero-order chi connectivity index (χ0) is 16.6. The van der Waals surface area contributed by atoms with Crippen LogP contribution in [-0.4, -0.2) is 24.3 Å². The minimum atomic E-state index is -0.474. The third-order valence-corrected chi connectivity index (χ3v) is 3.85. The van der Waals surface area contributed by atoms with Gasteiger partial charge in [0, 0.05) is 5.92 Å². The van der Waals surface area contributed by atoms with Crippen molar-refractivity contribution >= 4 is 23.3 Å². The van der Waals surface area contributed by atoms with Gasteiger partial charge in [0.1, 0.15) is 0 Å². The van der Waals surface area contributed by atoms with Crippen LogP contribution in [0.25, 0.3) is 0 Å². The fraction of sp³-hybridized carbons (Fsp3) is 0.667. The van der Waals surface area contributed by atoms with E-state index in [-0.39, 0.29) is 11.9 Å². The molecule has 0 spiro atoms. The second kappa shape index (κ2) is 9.02. The molecule has 0 N–H and O–H groups in total. The van der Waals surface area contributed by atoms with Crippen molar-refractivity contribution in [3.05, 3.63) is 23.8 Å². The van der Waals surface area contributed by atoms with Gasteiger partial charge >= 0.3 is 5.97 Å². The molecule has 0 bridgehead atoms. The van der Waals surface area contributed by atoms with Gasteiger partial charge in [-0.15, -0.1) is 0 Å². The Kier molecular flexibility index (Phi) is 7.70. The van der Waals surface area contributed by atoms with Crippen molar-refractivity contribution in [2.75, 3.05) is 13.2 Å². The van der Waals surface area contributed by atoms with E-state index >= 15 is 0 Å². The second-order valence-corrected chi connectivity index (χ2v) is 7.26. The second-order valence-electron chi connectivity index (χ2n) is 7.08. The summed E-state index contributed by atoms with van der Waals surface area (Å²) >= 11 is 4.66. The largest absolute Gasteiger partial charge is 0.465 e. The molecule has 2 unspecified atom stereocenters. The van der Waals surface area contributed by atoms with Crippen molar-refractivity contribution in [2.45, 2.75) is 47.0 Å². The maximum absolute atomic E-state index is 11.9. The van der Waals surface area contributed by atoms with Gasteiger partial charge in [0.25, 0.3) is 0 Å². The van der Waals surface area contributed by atoms with Crippen molar-refractivity contribution < 1.29 is 9.53 Å². The number of ether oxygens (including phenoxy) is 1. The molecule has 0 saturated carbocycles. The molecule has 0 radical (unpaired) electrons. The summed E-state index contributed by atoms with van der Waals surface area (Å²) in [6.45, 7) is 8.75. The van der Waals surface area contributed by atoms with E-state index in [1.54, 1.807) is 0 Å². The maximum atomic E-state index is 11.9. The molecule has 0 fully saturated rings. The number of rotatable bonds is 6. The topological polar surface area (TPSA) is 38.7 Å². The normalized spacial score (nSPS) is 19.6. The van der Waals surface area contributed by atoms with Gasteiger partial charge in [-0.1, -0.05) is 30.7 Å². The number of hydrogen-bond donors (Lipinski definition) is 0. The van der Waals surface area contributed by atoms with Crippen molar-refractivity contribution in [1.29, 1.82) is 0 Å². The van der Waals surface area contributed by atoms with E-state index in [0.717, 1.165) is 19.3 Å². The zero-order valence-electron chi connectivity index (χ0n) is 14.1. The number of carbonyl (C=O) groups excluding carboxylic acids is 1. The highest BCUT2D eigenvalue weighted by Gasteiger charge is 2.24. The van der Waals surface area contributed by atoms with Crippen molar-refractivity contribution in [3.63, 3.8) is 0 Å². The summed E-state index contributed by atoms with van der Waals surface area (Å²) in [7, 11) is 0. The van der Waals surface area contributed by atoms with Crippen molar-refractivity contribution in [3.8, 4) is 0 Å². The Labute approximate surface area is 139 Å². The number of nitrogens with zero attached hydrogens (tertiary/aromatic N) is 1. The predicted molar refractivity (Wildman–Crippen MR) is 94.0 cm³/mol. The fourth-order valence-corrected chi connectivity index (χ4v) is 2.34. The molecule has 2 atom stereocenters. The molecule has 0 aromatic heterocycles. The van der Waals surface area contributed by atoms with Crippen LogP contribution in [-0.2, 0) is 9.53 Å². The van der Waals surface area contributed by atoms with E-state index in [2.05, 4.69) is 47.5 Å². The van der Waals surface area contributed by atoms with Gasteiger partial charge in [0.05, 0.1) is 23.7 Å². The Morgan fingerprint density at radius 3 is 2.91 bits per heavy atom. The van der Waals surface area contributed by atoms with Gasteiger partial charge in [-0.25, -0.2) is 4.99 Å². The Morgan fingerprint density at radius 1 is 1.55 bits per heavy atom. The van der Waals surface area contributed by atoms with Gasteiger partial charge < -0.3 is 4.74 Å². The fourth-order valence-electron chi connectivity index (χ4n) is 2.27. The van der Waals surface area contributed by atoms with Gasteiger partial charge in [-0.05, 0) is 58.2 Å². The summed E-state index contributed by atoms with van der Waals surface area (Å²) in [5.74, 6) is 0.604. The van der Waals surface area contributed by atoms with Crippen LogP contribution in [0.5, 0.6) is 0 Å². The summed E-state index contributed by atoms with van der Waals surface area (Å²) in [5.41, 5.74) is 0.912. The van der Waals surface area contributed by atoms with Crippen LogP contribution < -0.4 is 0 Å². The number of allylic oxidation sites excluding steroid dienone is 4. The highest BCUT2D eigenvalue weighted by atomic mass is 32.1. The highest BCUT2D eigenvalue weighted by molar-refractivity contribution is 7.78. The lowest BCUT2D eigenvalue weighted by molar-refractivity contribution is -0.154. The highest BCUT2D eigenvalue weighted by Crippen LogP contribution is 2.24. The van der Waals surface area contributed by atoms with Crippen LogP contribution in [0.1, 0.15) is 47.0 Å². The number of esters is 1. The van der Waals surface area contributed by atoms with Crippen LogP contribution in [0.3, 0.4) is 0 Å². The molecule has 4 heteroatoms. The van der Waals surface area contributed by atoms with E-state index in [1.165, 1.54) is 5.57 Å². The molecular formula is C18H27NO2S. The van der Waals surface area contributed by atoms with Gasteiger partial charge in [-0.3, -0.25) is 4.79 Å². The summed E-state index contributed by atoms with van der Waals surface area (Å²) in [5, 5.41) is 2.41. The minimum absolute atomic E-state index is 0.162. The number of aliphatic imine (C=N–C) groups is 1. The quantitative estimate of drug-likeness (QED) is 0.408. The molecule has 122 valence electrons. The minimum Gasteiger partial charge on any atom is -0.465 e. The van der Waals surface area contributed by atoms with Gasteiger partial charge in [-0.2, -0.15) is 0 Å². The molecule has 1 aliphatic carbocycles.